The van der Waals surface area contributed by atoms with Crippen molar-refractivity contribution < 1.29 is 14.7 Å². The summed E-state index contributed by atoms with van der Waals surface area (Å²) in [6, 6.07) is -0.267. The first kappa shape index (κ1) is 13.4. The fourth-order valence-electron chi connectivity index (χ4n) is 2.23. The Morgan fingerprint density at radius 2 is 2.26 bits per heavy atom. The summed E-state index contributed by atoms with van der Waals surface area (Å²) >= 11 is 0. The lowest BCUT2D eigenvalue weighted by Crippen LogP contribution is -2.54. The van der Waals surface area contributed by atoms with Crippen molar-refractivity contribution >= 4 is 17.7 Å². The molecule has 7 heteroatoms. The van der Waals surface area contributed by atoms with Crippen LogP contribution in [0.25, 0.3) is 0 Å². The number of hydrogen-bond donors (Lipinski definition) is 3. The summed E-state index contributed by atoms with van der Waals surface area (Å²) in [7, 11) is 0. The minimum absolute atomic E-state index is 0.0683. The van der Waals surface area contributed by atoms with Gasteiger partial charge in [0.1, 0.15) is 6.54 Å². The summed E-state index contributed by atoms with van der Waals surface area (Å²) < 4.78 is 1.26. The fourth-order valence-corrected chi connectivity index (χ4v) is 2.23. The molecule has 3 N–H and O–H groups in total. The number of carboxylic acid groups (broad SMARTS) is 1. The third-order valence-corrected chi connectivity index (χ3v) is 3.55. The average molecular weight is 266 g/mol. The molecule has 0 spiro atoms. The summed E-state index contributed by atoms with van der Waals surface area (Å²) in [5.41, 5.74) is 0.422. The Hall–Kier alpha value is -2.05. The minimum Gasteiger partial charge on any atom is -0.480 e. The Labute approximate surface area is 111 Å². The van der Waals surface area contributed by atoms with E-state index in [9.17, 15) is 9.59 Å². The van der Waals surface area contributed by atoms with Gasteiger partial charge in [-0.3, -0.25) is 9.48 Å². The molecule has 2 amide bonds. The van der Waals surface area contributed by atoms with E-state index in [4.69, 9.17) is 5.11 Å². The smallest absolute Gasteiger partial charge is 0.325 e. The maximum atomic E-state index is 11.8. The molecule has 0 atom stereocenters. The normalized spacial score (nSPS) is 16.5. The van der Waals surface area contributed by atoms with Gasteiger partial charge in [-0.05, 0) is 25.7 Å². The fraction of sp³-hybridized carbons (Fsp3) is 0.583. The molecule has 1 saturated carbocycles. The van der Waals surface area contributed by atoms with Crippen molar-refractivity contribution in [3.05, 3.63) is 12.4 Å². The highest BCUT2D eigenvalue weighted by Gasteiger charge is 2.36. The van der Waals surface area contributed by atoms with Gasteiger partial charge in [0.05, 0.1) is 11.9 Å². The Morgan fingerprint density at radius 3 is 2.79 bits per heavy atom. The van der Waals surface area contributed by atoms with Crippen LogP contribution in [0.1, 0.15) is 32.6 Å². The SMILES string of the molecule is CCC1(NC(=O)Nc2cnn(CC(=O)O)c2)CCC1. The number of carbonyl (C=O) groups is 2. The molecular weight excluding hydrogens is 248 g/mol. The molecule has 0 unspecified atom stereocenters. The molecule has 1 aromatic rings. The monoisotopic (exact) mass is 266 g/mol. The summed E-state index contributed by atoms with van der Waals surface area (Å²) in [5.74, 6) is -0.974. The molecule has 0 aromatic carbocycles. The lowest BCUT2D eigenvalue weighted by molar-refractivity contribution is -0.137. The number of aliphatic carboxylic acids is 1. The number of carbonyl (C=O) groups excluding carboxylic acids is 1. The summed E-state index contributed by atoms with van der Waals surface area (Å²) in [6.07, 6.45) is 7.00. The molecule has 1 aromatic heterocycles. The Kier molecular flexibility index (Phi) is 3.73. The van der Waals surface area contributed by atoms with Crippen LogP contribution in [0.4, 0.5) is 10.5 Å². The molecule has 0 aliphatic heterocycles. The van der Waals surface area contributed by atoms with E-state index in [1.807, 2.05) is 0 Å². The predicted molar refractivity (Wildman–Crippen MR) is 68.9 cm³/mol. The van der Waals surface area contributed by atoms with Crippen LogP contribution in [0.15, 0.2) is 12.4 Å². The second-order valence-corrected chi connectivity index (χ2v) is 4.89. The summed E-state index contributed by atoms with van der Waals surface area (Å²) in [6.45, 7) is 1.84. The number of amides is 2. The van der Waals surface area contributed by atoms with Crippen molar-refractivity contribution in [2.45, 2.75) is 44.7 Å². The van der Waals surface area contributed by atoms with Crippen molar-refractivity contribution in [1.82, 2.24) is 15.1 Å². The zero-order chi connectivity index (χ0) is 13.9. The number of nitrogens with one attached hydrogen (secondary N) is 2. The van der Waals surface area contributed by atoms with E-state index < -0.39 is 5.97 Å². The minimum atomic E-state index is -0.974. The van der Waals surface area contributed by atoms with Gasteiger partial charge in [-0.1, -0.05) is 6.92 Å². The summed E-state index contributed by atoms with van der Waals surface area (Å²) in [5, 5.41) is 18.1. The molecule has 0 bridgehead atoms. The zero-order valence-electron chi connectivity index (χ0n) is 10.8. The van der Waals surface area contributed by atoms with Crippen LogP contribution in [0, 0.1) is 0 Å². The zero-order valence-corrected chi connectivity index (χ0v) is 10.8. The third-order valence-electron chi connectivity index (χ3n) is 3.55. The number of rotatable bonds is 5. The van der Waals surface area contributed by atoms with E-state index >= 15 is 0 Å². The Bertz CT molecular complexity index is 474. The van der Waals surface area contributed by atoms with Gasteiger partial charge in [-0.25, -0.2) is 4.79 Å². The number of aromatic nitrogens is 2. The van der Waals surface area contributed by atoms with E-state index in [0.29, 0.717) is 5.69 Å². The highest BCUT2D eigenvalue weighted by Crippen LogP contribution is 2.34. The van der Waals surface area contributed by atoms with Gasteiger partial charge >= 0.3 is 12.0 Å². The van der Waals surface area contributed by atoms with E-state index in [2.05, 4.69) is 22.7 Å². The number of hydrogen-bond acceptors (Lipinski definition) is 3. The van der Waals surface area contributed by atoms with E-state index in [0.717, 1.165) is 25.7 Å². The van der Waals surface area contributed by atoms with Gasteiger partial charge in [-0.15, -0.1) is 0 Å². The van der Waals surface area contributed by atoms with Crippen LogP contribution in [-0.2, 0) is 11.3 Å². The van der Waals surface area contributed by atoms with Gasteiger partial charge in [0.15, 0.2) is 0 Å². The molecule has 1 heterocycles. The predicted octanol–water partition coefficient (Wildman–Crippen LogP) is 1.42. The van der Waals surface area contributed by atoms with Crippen LogP contribution in [-0.4, -0.2) is 32.4 Å². The van der Waals surface area contributed by atoms with Gasteiger partial charge in [0.2, 0.25) is 0 Å². The molecule has 104 valence electrons. The lowest BCUT2D eigenvalue weighted by atomic mass is 9.75. The molecule has 1 fully saturated rings. The van der Waals surface area contributed by atoms with Crippen LogP contribution < -0.4 is 10.6 Å². The molecule has 2 rings (SSSR count). The second kappa shape index (κ2) is 5.29. The molecule has 0 radical (unpaired) electrons. The van der Waals surface area contributed by atoms with Crippen LogP contribution in [0.2, 0.25) is 0 Å². The molecule has 0 saturated heterocycles. The molecule has 19 heavy (non-hydrogen) atoms. The Morgan fingerprint density at radius 1 is 1.53 bits per heavy atom. The molecule has 1 aliphatic rings. The maximum Gasteiger partial charge on any atom is 0.325 e. The highest BCUT2D eigenvalue weighted by molar-refractivity contribution is 5.89. The summed E-state index contributed by atoms with van der Waals surface area (Å²) in [4.78, 5) is 22.3. The van der Waals surface area contributed by atoms with E-state index in [1.165, 1.54) is 17.1 Å². The van der Waals surface area contributed by atoms with Gasteiger partial charge < -0.3 is 15.7 Å². The quantitative estimate of drug-likeness (QED) is 0.751. The first-order valence-corrected chi connectivity index (χ1v) is 6.36. The number of urea groups is 1. The molecule has 1 aliphatic carbocycles. The first-order chi connectivity index (χ1) is 9.03. The topological polar surface area (TPSA) is 96.3 Å². The second-order valence-electron chi connectivity index (χ2n) is 4.89. The Balaban J connectivity index is 1.88. The molecule has 7 nitrogen and oxygen atoms in total. The van der Waals surface area contributed by atoms with Crippen molar-refractivity contribution in [3.8, 4) is 0 Å². The maximum absolute atomic E-state index is 11.8. The number of carboxylic acids is 1. The highest BCUT2D eigenvalue weighted by atomic mass is 16.4. The van der Waals surface area contributed by atoms with Crippen LogP contribution in [0.5, 0.6) is 0 Å². The number of nitrogens with zero attached hydrogens (tertiary/aromatic N) is 2. The first-order valence-electron chi connectivity index (χ1n) is 6.36. The average Bonchev–Trinajstić information content (AvgIpc) is 2.70. The van der Waals surface area contributed by atoms with Crippen molar-refractivity contribution in [2.24, 2.45) is 0 Å². The lowest BCUT2D eigenvalue weighted by Gasteiger charge is -2.41. The molecular formula is C12H18N4O3. The van der Waals surface area contributed by atoms with E-state index in [-0.39, 0.29) is 18.1 Å². The van der Waals surface area contributed by atoms with Crippen molar-refractivity contribution in [1.29, 1.82) is 0 Å². The standard InChI is InChI=1S/C12H18N4O3/c1-2-12(4-3-5-12)15-11(19)14-9-6-13-16(7-9)8-10(17)18/h6-7H,2-5,8H2,1H3,(H,17,18)(H2,14,15,19). The number of anilines is 1. The van der Waals surface area contributed by atoms with Crippen LogP contribution in [0.3, 0.4) is 0 Å². The van der Waals surface area contributed by atoms with E-state index in [1.54, 1.807) is 0 Å². The van der Waals surface area contributed by atoms with Gasteiger partial charge in [0, 0.05) is 11.7 Å². The van der Waals surface area contributed by atoms with Gasteiger partial charge in [-0.2, -0.15) is 5.10 Å². The van der Waals surface area contributed by atoms with Gasteiger partial charge in [0.25, 0.3) is 0 Å². The largest absolute Gasteiger partial charge is 0.480 e. The van der Waals surface area contributed by atoms with Crippen LogP contribution >= 0.6 is 0 Å². The van der Waals surface area contributed by atoms with Crippen molar-refractivity contribution in [3.63, 3.8) is 0 Å². The van der Waals surface area contributed by atoms with Crippen molar-refractivity contribution in [2.75, 3.05) is 5.32 Å². The third kappa shape index (κ3) is 3.24.